The Balaban J connectivity index is 1.45. The summed E-state index contributed by atoms with van der Waals surface area (Å²) in [5, 5.41) is 9.94. The smallest absolute Gasteiger partial charge is 0.315 e. The van der Waals surface area contributed by atoms with Crippen LogP contribution in [0.5, 0.6) is 11.5 Å². The number of nitrogens with zero attached hydrogens (tertiary/aromatic N) is 2. The average Bonchev–Trinajstić information content (AvgIpc) is 3.01. The summed E-state index contributed by atoms with van der Waals surface area (Å²) >= 11 is 0. The molecule has 3 rings (SSSR count). The summed E-state index contributed by atoms with van der Waals surface area (Å²) in [7, 11) is 0. The second-order valence-electron chi connectivity index (χ2n) is 6.00. The van der Waals surface area contributed by atoms with Crippen LogP contribution in [0.25, 0.3) is 0 Å². The quantitative estimate of drug-likeness (QED) is 0.789. The molecule has 0 aliphatic carbocycles. The molecule has 0 radical (unpaired) electrons. The fraction of sp³-hybridized carbons (Fsp3) is 0.444. The summed E-state index contributed by atoms with van der Waals surface area (Å²) in [5.41, 5.74) is 0.982. The molecule has 25 heavy (non-hydrogen) atoms. The van der Waals surface area contributed by atoms with Crippen LogP contribution in [-0.4, -0.2) is 35.6 Å². The lowest BCUT2D eigenvalue weighted by Crippen LogP contribution is -2.37. The van der Waals surface area contributed by atoms with Crippen LogP contribution in [0.4, 0.5) is 4.79 Å². The van der Waals surface area contributed by atoms with Gasteiger partial charge in [-0.2, -0.15) is 5.10 Å². The van der Waals surface area contributed by atoms with Gasteiger partial charge in [0.1, 0.15) is 0 Å². The molecule has 7 heteroatoms. The number of urea groups is 1. The van der Waals surface area contributed by atoms with Crippen molar-refractivity contribution in [1.29, 1.82) is 0 Å². The van der Waals surface area contributed by atoms with Gasteiger partial charge in [0.2, 0.25) is 0 Å². The van der Waals surface area contributed by atoms with Crippen molar-refractivity contribution in [2.24, 2.45) is 0 Å². The number of ether oxygens (including phenoxy) is 2. The maximum atomic E-state index is 12.0. The van der Waals surface area contributed by atoms with E-state index >= 15 is 0 Å². The van der Waals surface area contributed by atoms with Crippen molar-refractivity contribution in [3.05, 3.63) is 42.2 Å². The lowest BCUT2D eigenvalue weighted by molar-refractivity contribution is 0.237. The number of carbonyl (C=O) groups is 1. The average molecular weight is 344 g/mol. The molecule has 2 N–H and O–H groups in total. The van der Waals surface area contributed by atoms with Gasteiger partial charge in [-0.05, 0) is 37.1 Å². The van der Waals surface area contributed by atoms with Gasteiger partial charge in [-0.1, -0.05) is 6.07 Å². The van der Waals surface area contributed by atoms with Crippen LogP contribution in [0, 0.1) is 0 Å². The Morgan fingerprint density at radius 2 is 2.16 bits per heavy atom. The second kappa shape index (κ2) is 8.41. The number of benzene rings is 1. The van der Waals surface area contributed by atoms with E-state index in [0.29, 0.717) is 19.8 Å². The van der Waals surface area contributed by atoms with Crippen molar-refractivity contribution in [2.75, 3.05) is 19.8 Å². The summed E-state index contributed by atoms with van der Waals surface area (Å²) in [4.78, 5) is 12.0. The van der Waals surface area contributed by atoms with E-state index in [1.165, 1.54) is 0 Å². The lowest BCUT2D eigenvalue weighted by atomic mass is 10.1. The third-order valence-corrected chi connectivity index (χ3v) is 4.03. The van der Waals surface area contributed by atoms with Gasteiger partial charge in [-0.15, -0.1) is 0 Å². The molecule has 1 aliphatic rings. The fourth-order valence-electron chi connectivity index (χ4n) is 2.66. The number of hydrogen-bond acceptors (Lipinski definition) is 4. The van der Waals surface area contributed by atoms with Gasteiger partial charge in [0.15, 0.2) is 11.5 Å². The van der Waals surface area contributed by atoms with E-state index in [0.717, 1.165) is 36.4 Å². The van der Waals surface area contributed by atoms with E-state index in [9.17, 15) is 4.79 Å². The van der Waals surface area contributed by atoms with E-state index in [1.807, 2.05) is 42.1 Å². The molecular formula is C18H24N4O3. The molecule has 0 saturated heterocycles. The summed E-state index contributed by atoms with van der Waals surface area (Å²) in [6, 6.07) is 7.37. The third-order valence-electron chi connectivity index (χ3n) is 4.03. The molecule has 2 amide bonds. The van der Waals surface area contributed by atoms with Crippen LogP contribution in [0.1, 0.15) is 31.4 Å². The monoisotopic (exact) mass is 344 g/mol. The van der Waals surface area contributed by atoms with E-state index < -0.39 is 0 Å². The first-order valence-corrected chi connectivity index (χ1v) is 8.64. The number of hydrogen-bond donors (Lipinski definition) is 2. The number of rotatable bonds is 6. The first kappa shape index (κ1) is 17.1. The van der Waals surface area contributed by atoms with Crippen LogP contribution < -0.4 is 20.1 Å². The largest absolute Gasteiger partial charge is 0.490 e. The second-order valence-corrected chi connectivity index (χ2v) is 6.00. The Hall–Kier alpha value is -2.70. The fourth-order valence-corrected chi connectivity index (χ4v) is 2.66. The predicted octanol–water partition coefficient (Wildman–Crippen LogP) is 2.49. The molecule has 1 aliphatic heterocycles. The van der Waals surface area contributed by atoms with Crippen LogP contribution in [0.15, 0.2) is 36.7 Å². The van der Waals surface area contributed by atoms with E-state index in [4.69, 9.17) is 9.47 Å². The summed E-state index contributed by atoms with van der Waals surface area (Å²) in [6.45, 7) is 4.64. The first-order valence-electron chi connectivity index (χ1n) is 8.64. The number of nitrogens with one attached hydrogen (secondary N) is 2. The highest BCUT2D eigenvalue weighted by atomic mass is 16.5. The zero-order chi connectivity index (χ0) is 17.5. The lowest BCUT2D eigenvalue weighted by Gasteiger charge is -2.17. The molecule has 7 nitrogen and oxygen atoms in total. The van der Waals surface area contributed by atoms with E-state index in [-0.39, 0.29) is 12.1 Å². The minimum absolute atomic E-state index is 0.122. The molecule has 0 saturated carbocycles. The molecule has 1 aromatic heterocycles. The van der Waals surface area contributed by atoms with Crippen molar-refractivity contribution >= 4 is 6.03 Å². The minimum Gasteiger partial charge on any atom is -0.490 e. The van der Waals surface area contributed by atoms with Gasteiger partial charge in [0, 0.05) is 31.9 Å². The summed E-state index contributed by atoms with van der Waals surface area (Å²) < 4.78 is 13.2. The van der Waals surface area contributed by atoms with Crippen molar-refractivity contribution in [3.8, 4) is 11.5 Å². The van der Waals surface area contributed by atoms with Crippen molar-refractivity contribution in [1.82, 2.24) is 20.4 Å². The van der Waals surface area contributed by atoms with Crippen molar-refractivity contribution in [3.63, 3.8) is 0 Å². The normalized spacial score (nSPS) is 14.4. The number of carbonyl (C=O) groups excluding carboxylic acids is 1. The Morgan fingerprint density at radius 1 is 1.32 bits per heavy atom. The molecule has 0 spiro atoms. The van der Waals surface area contributed by atoms with E-state index in [1.54, 1.807) is 6.20 Å². The topological polar surface area (TPSA) is 77.4 Å². The highest BCUT2D eigenvalue weighted by Gasteiger charge is 2.15. The van der Waals surface area contributed by atoms with Crippen LogP contribution in [0.3, 0.4) is 0 Å². The van der Waals surface area contributed by atoms with Crippen LogP contribution in [-0.2, 0) is 6.54 Å². The van der Waals surface area contributed by atoms with Gasteiger partial charge in [-0.25, -0.2) is 4.79 Å². The Morgan fingerprint density at radius 3 is 2.96 bits per heavy atom. The number of amides is 2. The SMILES string of the molecule is C[C@H](NC(=O)NCCCn1cccn1)c1ccc2c(c1)OCCCO2. The number of aryl methyl sites for hydroxylation is 1. The maximum Gasteiger partial charge on any atom is 0.315 e. The maximum absolute atomic E-state index is 12.0. The molecule has 1 atom stereocenters. The van der Waals surface area contributed by atoms with Gasteiger partial charge >= 0.3 is 6.03 Å². The zero-order valence-corrected chi connectivity index (χ0v) is 14.4. The highest BCUT2D eigenvalue weighted by molar-refractivity contribution is 5.74. The van der Waals surface area contributed by atoms with Gasteiger partial charge < -0.3 is 20.1 Å². The standard InChI is InChI=1S/C18H24N4O3/c1-14(15-5-6-16-17(13-15)25-12-4-11-24-16)21-18(23)19-7-2-9-22-10-3-8-20-22/h3,5-6,8,10,13-14H,2,4,7,9,11-12H2,1H3,(H2,19,21,23)/t14-/m0/s1. The van der Waals surface area contributed by atoms with Gasteiger partial charge in [0.05, 0.1) is 19.3 Å². The van der Waals surface area contributed by atoms with Crippen molar-refractivity contribution in [2.45, 2.75) is 32.4 Å². The molecule has 0 bridgehead atoms. The van der Waals surface area contributed by atoms with Crippen molar-refractivity contribution < 1.29 is 14.3 Å². The molecule has 0 unspecified atom stereocenters. The van der Waals surface area contributed by atoms with Crippen LogP contribution >= 0.6 is 0 Å². The predicted molar refractivity (Wildman–Crippen MR) is 93.8 cm³/mol. The molecule has 2 heterocycles. The summed E-state index contributed by atoms with van der Waals surface area (Å²) in [6.07, 6.45) is 5.36. The zero-order valence-electron chi connectivity index (χ0n) is 14.4. The Bertz CT molecular complexity index is 688. The molecular weight excluding hydrogens is 320 g/mol. The Labute approximate surface area is 147 Å². The third kappa shape index (κ3) is 4.89. The number of aromatic nitrogens is 2. The number of fused-ring (bicyclic) bond motifs is 1. The molecule has 2 aromatic rings. The van der Waals surface area contributed by atoms with Crippen LogP contribution in [0.2, 0.25) is 0 Å². The first-order chi connectivity index (χ1) is 12.2. The molecule has 1 aromatic carbocycles. The molecule has 0 fully saturated rings. The highest BCUT2D eigenvalue weighted by Crippen LogP contribution is 2.32. The Kier molecular flexibility index (Phi) is 5.77. The van der Waals surface area contributed by atoms with Gasteiger partial charge in [-0.3, -0.25) is 4.68 Å². The van der Waals surface area contributed by atoms with Gasteiger partial charge in [0.25, 0.3) is 0 Å². The minimum atomic E-state index is -0.180. The summed E-state index contributed by atoms with van der Waals surface area (Å²) in [5.74, 6) is 1.50. The molecule has 134 valence electrons. The van der Waals surface area contributed by atoms with E-state index in [2.05, 4.69) is 15.7 Å².